The molecule has 0 amide bonds. The van der Waals surface area contributed by atoms with E-state index < -0.39 is 22.2 Å². The van der Waals surface area contributed by atoms with Gasteiger partial charge in [-0.25, -0.2) is 18.4 Å². The summed E-state index contributed by atoms with van der Waals surface area (Å²) in [6.07, 6.45) is 3.30. The zero-order valence-electron chi connectivity index (χ0n) is 25.5. The standard InChI is InChI=1S/C32H42N6O4S/c1-22-19-26(42-4)20-23(2)31(22)43(40,41)38-28-8-6-5-7-24(28)21-29(38)30(39)27-9-12-33-32(34-27)37-17-15-36(16-18-37)25-10-13-35(3)14-11-25/h5-9,12,19-20,25,29-30,39H,10-11,13-18,21H2,1-4H3/t29-,30?/m0/s1. The highest BCUT2D eigenvalue weighted by Crippen LogP contribution is 2.42. The minimum absolute atomic E-state index is 0.230. The van der Waals surface area contributed by atoms with Gasteiger partial charge in [-0.15, -0.1) is 0 Å². The monoisotopic (exact) mass is 606 g/mol. The van der Waals surface area contributed by atoms with Gasteiger partial charge in [0.25, 0.3) is 10.0 Å². The molecule has 1 aromatic heterocycles. The van der Waals surface area contributed by atoms with Crippen LogP contribution < -0.4 is 13.9 Å². The molecule has 2 fully saturated rings. The number of aliphatic hydroxyl groups excluding tert-OH is 1. The number of sulfonamides is 1. The van der Waals surface area contributed by atoms with Gasteiger partial charge in [-0.2, -0.15) is 0 Å². The van der Waals surface area contributed by atoms with E-state index in [9.17, 15) is 13.5 Å². The summed E-state index contributed by atoms with van der Waals surface area (Å²) in [5, 5.41) is 11.8. The van der Waals surface area contributed by atoms with Crippen molar-refractivity contribution in [2.75, 3.05) is 62.6 Å². The molecule has 6 rings (SSSR count). The number of fused-ring (bicyclic) bond motifs is 1. The third-order valence-electron chi connectivity index (χ3n) is 9.28. The number of aliphatic hydroxyl groups is 1. The van der Waals surface area contributed by atoms with E-state index in [1.54, 1.807) is 45.4 Å². The summed E-state index contributed by atoms with van der Waals surface area (Å²) in [6, 6.07) is 12.5. The number of benzene rings is 2. The van der Waals surface area contributed by atoms with Crippen LogP contribution in [0.2, 0.25) is 0 Å². The quantitative estimate of drug-likeness (QED) is 0.435. The molecule has 2 aromatic carbocycles. The van der Waals surface area contributed by atoms with Gasteiger partial charge >= 0.3 is 0 Å². The molecule has 3 aliphatic rings. The molecule has 0 spiro atoms. The zero-order valence-corrected chi connectivity index (χ0v) is 26.3. The van der Waals surface area contributed by atoms with E-state index in [4.69, 9.17) is 9.72 Å². The fraction of sp³-hybridized carbons (Fsp3) is 0.500. The summed E-state index contributed by atoms with van der Waals surface area (Å²) in [7, 11) is -0.282. The predicted molar refractivity (Wildman–Crippen MR) is 167 cm³/mol. The molecule has 10 nitrogen and oxygen atoms in total. The van der Waals surface area contributed by atoms with E-state index in [0.717, 1.165) is 44.8 Å². The van der Waals surface area contributed by atoms with Gasteiger partial charge in [0.2, 0.25) is 5.95 Å². The molecular formula is C32H42N6O4S. The fourth-order valence-electron chi connectivity index (χ4n) is 6.99. The maximum Gasteiger partial charge on any atom is 0.265 e. The largest absolute Gasteiger partial charge is 0.497 e. The fourth-order valence-corrected chi connectivity index (χ4v) is 9.10. The SMILES string of the molecule is COc1cc(C)c(S(=O)(=O)N2c3ccccc3C[C@H]2C(O)c2ccnc(N3CCN(C4CCN(C)CC4)CC3)n2)c(C)c1. The second-order valence-electron chi connectivity index (χ2n) is 12.1. The third-order valence-corrected chi connectivity index (χ3v) is 11.4. The molecule has 4 heterocycles. The first kappa shape index (κ1) is 29.8. The average molecular weight is 607 g/mol. The predicted octanol–water partition coefficient (Wildman–Crippen LogP) is 3.17. The van der Waals surface area contributed by atoms with E-state index >= 15 is 0 Å². The lowest BCUT2D eigenvalue weighted by Gasteiger charge is -2.42. The van der Waals surface area contributed by atoms with Gasteiger partial charge in [0.05, 0.1) is 29.4 Å². The highest BCUT2D eigenvalue weighted by atomic mass is 32.2. The topological polar surface area (TPSA) is 102 Å². The van der Waals surface area contributed by atoms with Gasteiger partial charge in [-0.3, -0.25) is 9.21 Å². The average Bonchev–Trinajstić information content (AvgIpc) is 3.41. The van der Waals surface area contributed by atoms with Crippen molar-refractivity contribution in [3.63, 3.8) is 0 Å². The van der Waals surface area contributed by atoms with Crippen molar-refractivity contribution in [2.45, 2.75) is 56.2 Å². The van der Waals surface area contributed by atoms with Crippen LogP contribution in [-0.4, -0.2) is 98.8 Å². The zero-order chi connectivity index (χ0) is 30.3. The van der Waals surface area contributed by atoms with Crippen LogP contribution in [0.25, 0.3) is 0 Å². The van der Waals surface area contributed by atoms with Crippen LogP contribution in [0.1, 0.15) is 41.3 Å². The lowest BCUT2D eigenvalue weighted by atomic mass is 10.0. The van der Waals surface area contributed by atoms with Gasteiger partial charge < -0.3 is 19.6 Å². The maximum atomic E-state index is 14.4. The molecular weight excluding hydrogens is 564 g/mol. The molecule has 43 heavy (non-hydrogen) atoms. The van der Waals surface area contributed by atoms with Gasteiger partial charge in [0, 0.05) is 38.4 Å². The first-order chi connectivity index (χ1) is 20.7. The Bertz CT molecular complexity index is 1540. The van der Waals surface area contributed by atoms with Crippen molar-refractivity contribution in [1.29, 1.82) is 0 Å². The van der Waals surface area contributed by atoms with Crippen molar-refractivity contribution in [2.24, 2.45) is 0 Å². The Balaban J connectivity index is 1.25. The van der Waals surface area contributed by atoms with Crippen molar-refractivity contribution in [1.82, 2.24) is 19.8 Å². The highest BCUT2D eigenvalue weighted by molar-refractivity contribution is 7.93. The molecule has 1 N–H and O–H groups in total. The Morgan fingerprint density at radius 3 is 2.33 bits per heavy atom. The Morgan fingerprint density at radius 2 is 1.65 bits per heavy atom. The number of likely N-dealkylation sites (tertiary alicyclic amines) is 1. The molecule has 230 valence electrons. The number of para-hydroxylation sites is 1. The lowest BCUT2D eigenvalue weighted by molar-refractivity contribution is 0.115. The molecule has 3 aromatic rings. The van der Waals surface area contributed by atoms with Crippen molar-refractivity contribution < 1.29 is 18.3 Å². The number of nitrogens with zero attached hydrogens (tertiary/aromatic N) is 6. The number of anilines is 2. The van der Waals surface area contributed by atoms with Crippen molar-refractivity contribution in [3.8, 4) is 5.75 Å². The van der Waals surface area contributed by atoms with Gasteiger partial charge in [0.1, 0.15) is 11.9 Å². The molecule has 0 saturated carbocycles. The van der Waals surface area contributed by atoms with Crippen LogP contribution in [0.4, 0.5) is 11.6 Å². The normalized spacial score (nSPS) is 21.2. The highest BCUT2D eigenvalue weighted by Gasteiger charge is 2.44. The number of piperidine rings is 1. The molecule has 2 saturated heterocycles. The number of hydrogen-bond acceptors (Lipinski definition) is 9. The maximum absolute atomic E-state index is 14.4. The minimum Gasteiger partial charge on any atom is -0.497 e. The number of ether oxygens (including phenoxy) is 1. The number of hydrogen-bond donors (Lipinski definition) is 1. The van der Waals surface area contributed by atoms with Gasteiger partial charge in [-0.1, -0.05) is 18.2 Å². The van der Waals surface area contributed by atoms with E-state index in [1.807, 2.05) is 24.3 Å². The number of aromatic nitrogens is 2. The van der Waals surface area contributed by atoms with Crippen LogP contribution >= 0.6 is 0 Å². The Labute approximate surface area is 255 Å². The Hall–Kier alpha value is -3.25. The minimum atomic E-state index is -4.04. The molecule has 3 aliphatic heterocycles. The van der Waals surface area contributed by atoms with E-state index in [-0.39, 0.29) is 4.90 Å². The first-order valence-electron chi connectivity index (χ1n) is 15.1. The Kier molecular flexibility index (Phi) is 8.34. The van der Waals surface area contributed by atoms with E-state index in [1.165, 1.54) is 17.1 Å². The summed E-state index contributed by atoms with van der Waals surface area (Å²) in [4.78, 5) is 16.7. The number of piperazine rings is 1. The number of aryl methyl sites for hydroxylation is 2. The lowest BCUT2D eigenvalue weighted by Crippen LogP contribution is -2.53. The summed E-state index contributed by atoms with van der Waals surface area (Å²) in [6.45, 7) is 9.38. The molecule has 11 heteroatoms. The molecule has 0 radical (unpaired) electrons. The second-order valence-corrected chi connectivity index (χ2v) is 13.8. The third kappa shape index (κ3) is 5.71. The van der Waals surface area contributed by atoms with Crippen molar-refractivity contribution in [3.05, 3.63) is 71.0 Å². The van der Waals surface area contributed by atoms with Crippen LogP contribution in [-0.2, 0) is 16.4 Å². The summed E-state index contributed by atoms with van der Waals surface area (Å²) in [5.74, 6) is 1.18. The van der Waals surface area contributed by atoms with Gasteiger partial charge in [-0.05, 0) is 94.2 Å². The van der Waals surface area contributed by atoms with Crippen molar-refractivity contribution >= 4 is 21.7 Å². The van der Waals surface area contributed by atoms with Crippen LogP contribution in [0.5, 0.6) is 5.75 Å². The molecule has 0 aliphatic carbocycles. The van der Waals surface area contributed by atoms with E-state index in [2.05, 4.69) is 26.7 Å². The van der Waals surface area contributed by atoms with Gasteiger partial charge in [0.15, 0.2) is 0 Å². The Morgan fingerprint density at radius 1 is 0.977 bits per heavy atom. The summed E-state index contributed by atoms with van der Waals surface area (Å²) >= 11 is 0. The van der Waals surface area contributed by atoms with Crippen LogP contribution in [0.15, 0.2) is 53.6 Å². The second kappa shape index (κ2) is 12.0. The smallest absolute Gasteiger partial charge is 0.265 e. The first-order valence-corrected chi connectivity index (χ1v) is 16.6. The summed E-state index contributed by atoms with van der Waals surface area (Å²) < 4.78 is 35.6. The van der Waals surface area contributed by atoms with Crippen LogP contribution in [0.3, 0.4) is 0 Å². The number of methoxy groups -OCH3 is 1. The van der Waals surface area contributed by atoms with Crippen LogP contribution in [0, 0.1) is 13.8 Å². The number of rotatable bonds is 7. The summed E-state index contributed by atoms with van der Waals surface area (Å²) in [5.41, 5.74) is 3.07. The molecule has 1 unspecified atom stereocenters. The molecule has 0 bridgehead atoms. The molecule has 2 atom stereocenters. The van der Waals surface area contributed by atoms with E-state index in [0.29, 0.717) is 46.7 Å².